The monoisotopic (exact) mass is 528 g/mol. The molecule has 10 heteroatoms. The molecular formula is C20H15BrCl2N2O4S. The number of methoxy groups -OCH3 is 1. The highest BCUT2D eigenvalue weighted by Crippen LogP contribution is 2.38. The molecule has 156 valence electrons. The Morgan fingerprint density at radius 2 is 1.97 bits per heavy atom. The van der Waals surface area contributed by atoms with Crippen LogP contribution in [0.3, 0.4) is 0 Å². The van der Waals surface area contributed by atoms with Gasteiger partial charge in [-0.15, -0.1) is 0 Å². The number of nitrogens with one attached hydrogen (secondary N) is 1. The summed E-state index contributed by atoms with van der Waals surface area (Å²) in [6.07, 6.45) is 1.46. The zero-order chi connectivity index (χ0) is 22.0. The Hall–Kier alpha value is -2.13. The number of hydrogen-bond donors (Lipinski definition) is 1. The van der Waals surface area contributed by atoms with Crippen LogP contribution in [0.1, 0.15) is 11.1 Å². The zero-order valence-corrected chi connectivity index (χ0v) is 19.7. The summed E-state index contributed by atoms with van der Waals surface area (Å²) in [5, 5.41) is 3.56. The molecule has 1 heterocycles. The summed E-state index contributed by atoms with van der Waals surface area (Å²) in [6, 6.07) is 8.50. The number of nitrogens with zero attached hydrogens (tertiary/aromatic N) is 1. The third-order valence-electron chi connectivity index (χ3n) is 4.25. The second-order valence-electron chi connectivity index (χ2n) is 6.24. The normalized spacial score (nSPS) is 15.4. The van der Waals surface area contributed by atoms with E-state index in [1.165, 1.54) is 25.1 Å². The summed E-state index contributed by atoms with van der Waals surface area (Å²) in [7, 11) is 2.98. The molecular weight excluding hydrogens is 515 g/mol. The van der Waals surface area contributed by atoms with E-state index < -0.39 is 11.8 Å². The second kappa shape index (κ2) is 9.34. The third kappa shape index (κ3) is 4.78. The Bertz CT molecular complexity index is 1090. The van der Waals surface area contributed by atoms with E-state index in [1.807, 2.05) is 0 Å². The van der Waals surface area contributed by atoms with Gasteiger partial charge < -0.3 is 9.47 Å². The minimum atomic E-state index is -0.559. The largest absolute Gasteiger partial charge is 0.493 e. The highest BCUT2D eigenvalue weighted by Gasteiger charge is 2.30. The van der Waals surface area contributed by atoms with Crippen molar-refractivity contribution in [3.05, 3.63) is 61.5 Å². The number of rotatable bonds is 5. The third-order valence-corrected chi connectivity index (χ3v) is 5.81. The number of thiocarbonyl (C=S) groups is 1. The minimum Gasteiger partial charge on any atom is -0.493 e. The van der Waals surface area contributed by atoms with Gasteiger partial charge in [0.15, 0.2) is 16.6 Å². The number of benzene rings is 2. The molecule has 1 N–H and O–H groups in total. The van der Waals surface area contributed by atoms with E-state index in [9.17, 15) is 9.59 Å². The first-order valence-electron chi connectivity index (χ1n) is 8.50. The molecule has 3 rings (SSSR count). The van der Waals surface area contributed by atoms with Crippen LogP contribution in [0.15, 0.2) is 40.4 Å². The van der Waals surface area contributed by atoms with E-state index in [0.29, 0.717) is 31.6 Å². The molecule has 2 aromatic carbocycles. The predicted octanol–water partition coefficient (Wildman–Crippen LogP) is 4.60. The summed E-state index contributed by atoms with van der Waals surface area (Å²) in [4.78, 5) is 25.8. The van der Waals surface area contributed by atoms with Crippen LogP contribution >= 0.6 is 51.3 Å². The minimum absolute atomic E-state index is 0.0401. The molecule has 0 spiro atoms. The van der Waals surface area contributed by atoms with Crippen molar-refractivity contribution in [2.75, 3.05) is 14.2 Å². The molecule has 1 fully saturated rings. The van der Waals surface area contributed by atoms with Crippen molar-refractivity contribution in [2.45, 2.75) is 6.61 Å². The maximum absolute atomic E-state index is 12.4. The van der Waals surface area contributed by atoms with Gasteiger partial charge in [0, 0.05) is 22.7 Å². The van der Waals surface area contributed by atoms with Crippen LogP contribution < -0.4 is 14.8 Å². The average Bonchev–Trinajstić information content (AvgIpc) is 2.69. The fourth-order valence-corrected chi connectivity index (χ4v) is 3.88. The van der Waals surface area contributed by atoms with Crippen LogP contribution in [-0.4, -0.2) is 36.0 Å². The number of amides is 2. The van der Waals surface area contributed by atoms with Gasteiger partial charge in [0.1, 0.15) is 12.2 Å². The van der Waals surface area contributed by atoms with Crippen molar-refractivity contribution >= 4 is 74.4 Å². The first kappa shape index (κ1) is 22.6. The highest BCUT2D eigenvalue weighted by atomic mass is 79.9. The Morgan fingerprint density at radius 3 is 2.63 bits per heavy atom. The first-order chi connectivity index (χ1) is 14.2. The standard InChI is InChI=1S/C20H15BrCl2N2O4S/c1-25-19(27)13(18(26)24-20(25)30)5-10-6-14(21)17(16(7-10)28-2)29-9-11-3-4-12(22)8-15(11)23/h3-8H,9H2,1-2H3,(H,24,26,30)/b13-5+. The molecule has 1 aliphatic rings. The Balaban J connectivity index is 1.89. The number of carbonyl (C=O) groups excluding carboxylic acids is 2. The average molecular weight is 530 g/mol. The molecule has 0 bridgehead atoms. The second-order valence-corrected chi connectivity index (χ2v) is 8.32. The molecule has 6 nitrogen and oxygen atoms in total. The predicted molar refractivity (Wildman–Crippen MR) is 123 cm³/mol. The highest BCUT2D eigenvalue weighted by molar-refractivity contribution is 9.10. The van der Waals surface area contributed by atoms with Gasteiger partial charge in [-0.3, -0.25) is 19.8 Å². The molecule has 2 amide bonds. The number of ether oxygens (including phenoxy) is 2. The topological polar surface area (TPSA) is 67.9 Å². The summed E-state index contributed by atoms with van der Waals surface area (Å²) >= 11 is 20.5. The summed E-state index contributed by atoms with van der Waals surface area (Å²) in [5.41, 5.74) is 1.28. The summed E-state index contributed by atoms with van der Waals surface area (Å²) < 4.78 is 11.9. The molecule has 1 aliphatic heterocycles. The van der Waals surface area contributed by atoms with Crippen LogP contribution in [0.25, 0.3) is 6.08 Å². The van der Waals surface area contributed by atoms with Crippen molar-refractivity contribution in [3.8, 4) is 11.5 Å². The molecule has 1 saturated heterocycles. The van der Waals surface area contributed by atoms with Crippen LogP contribution in [-0.2, 0) is 16.2 Å². The van der Waals surface area contributed by atoms with Crippen molar-refractivity contribution in [2.24, 2.45) is 0 Å². The van der Waals surface area contributed by atoms with Gasteiger partial charge in [0.2, 0.25) is 0 Å². The lowest BCUT2D eigenvalue weighted by molar-refractivity contribution is -0.128. The summed E-state index contributed by atoms with van der Waals surface area (Å²) in [6.45, 7) is 0.189. The lowest BCUT2D eigenvalue weighted by Gasteiger charge is -2.25. The van der Waals surface area contributed by atoms with Crippen molar-refractivity contribution in [1.29, 1.82) is 0 Å². The Morgan fingerprint density at radius 1 is 1.23 bits per heavy atom. The van der Waals surface area contributed by atoms with E-state index in [2.05, 4.69) is 21.2 Å². The molecule has 0 radical (unpaired) electrons. The fourth-order valence-electron chi connectivity index (χ4n) is 2.66. The molecule has 0 unspecified atom stereocenters. The van der Waals surface area contributed by atoms with Gasteiger partial charge in [0.25, 0.3) is 11.8 Å². The van der Waals surface area contributed by atoms with Gasteiger partial charge in [0.05, 0.1) is 11.6 Å². The molecule has 0 saturated carbocycles. The Labute approximate surface area is 196 Å². The van der Waals surface area contributed by atoms with Gasteiger partial charge in [-0.1, -0.05) is 29.3 Å². The SMILES string of the molecule is COc1cc(/C=C2\C(=O)NC(=S)N(C)C2=O)cc(Br)c1OCc1ccc(Cl)cc1Cl. The lowest BCUT2D eigenvalue weighted by atomic mass is 10.1. The van der Waals surface area contributed by atoms with Gasteiger partial charge in [-0.25, -0.2) is 0 Å². The summed E-state index contributed by atoms with van der Waals surface area (Å²) in [5.74, 6) is -0.190. The van der Waals surface area contributed by atoms with Gasteiger partial charge in [-0.2, -0.15) is 0 Å². The van der Waals surface area contributed by atoms with E-state index in [4.69, 9.17) is 44.9 Å². The van der Waals surface area contributed by atoms with Crippen molar-refractivity contribution < 1.29 is 19.1 Å². The van der Waals surface area contributed by atoms with Crippen LogP contribution in [0.4, 0.5) is 0 Å². The molecule has 2 aromatic rings. The van der Waals surface area contributed by atoms with E-state index in [1.54, 1.807) is 30.3 Å². The van der Waals surface area contributed by atoms with E-state index >= 15 is 0 Å². The quantitative estimate of drug-likeness (QED) is 0.348. The number of carbonyl (C=O) groups is 2. The van der Waals surface area contributed by atoms with Crippen molar-refractivity contribution in [3.63, 3.8) is 0 Å². The number of halogens is 3. The molecule has 30 heavy (non-hydrogen) atoms. The fraction of sp³-hybridized carbons (Fsp3) is 0.150. The van der Waals surface area contributed by atoms with Crippen LogP contribution in [0.5, 0.6) is 11.5 Å². The number of likely N-dealkylation sites (N-methyl/N-ethyl adjacent to an activating group) is 1. The van der Waals surface area contributed by atoms with Crippen molar-refractivity contribution in [1.82, 2.24) is 10.2 Å². The number of hydrogen-bond acceptors (Lipinski definition) is 5. The first-order valence-corrected chi connectivity index (χ1v) is 10.5. The molecule has 0 atom stereocenters. The van der Waals surface area contributed by atoms with Gasteiger partial charge in [-0.05, 0) is 64.1 Å². The maximum Gasteiger partial charge on any atom is 0.265 e. The van der Waals surface area contributed by atoms with Gasteiger partial charge >= 0.3 is 0 Å². The maximum atomic E-state index is 12.4. The lowest BCUT2D eigenvalue weighted by Crippen LogP contribution is -2.52. The molecule has 0 aliphatic carbocycles. The smallest absolute Gasteiger partial charge is 0.265 e. The molecule has 0 aromatic heterocycles. The van der Waals surface area contributed by atoms with E-state index in [0.717, 1.165) is 5.56 Å². The van der Waals surface area contributed by atoms with E-state index in [-0.39, 0.29) is 17.3 Å². The van der Waals surface area contributed by atoms with Crippen LogP contribution in [0, 0.1) is 0 Å². The Kier molecular flexibility index (Phi) is 7.02. The zero-order valence-electron chi connectivity index (χ0n) is 15.8. The van der Waals surface area contributed by atoms with Crippen LogP contribution in [0.2, 0.25) is 10.0 Å².